The number of likely N-dealkylation sites (tertiary alicyclic amines) is 1. The Labute approximate surface area is 116 Å². The van der Waals surface area contributed by atoms with Gasteiger partial charge in [0.15, 0.2) is 0 Å². The lowest BCUT2D eigenvalue weighted by Crippen LogP contribution is -2.46. The maximum Gasteiger partial charge on any atom is 0.329 e. The smallest absolute Gasteiger partial charge is 0.329 e. The van der Waals surface area contributed by atoms with Gasteiger partial charge in [-0.25, -0.2) is 4.79 Å². The number of hydrogen-bond donors (Lipinski definition) is 0. The minimum absolute atomic E-state index is 0.0527. The van der Waals surface area contributed by atoms with E-state index in [-0.39, 0.29) is 23.7 Å². The Morgan fingerprint density at radius 1 is 1.21 bits per heavy atom. The fourth-order valence-electron chi connectivity index (χ4n) is 2.19. The molecule has 0 spiro atoms. The molecule has 1 aliphatic heterocycles. The number of rotatable bonds is 3. The van der Waals surface area contributed by atoms with Gasteiger partial charge in [-0.15, -0.1) is 0 Å². The lowest BCUT2D eigenvalue weighted by molar-refractivity contribution is -0.164. The normalized spacial score (nSPS) is 21.6. The Morgan fingerprint density at radius 3 is 2.26 bits per heavy atom. The van der Waals surface area contributed by atoms with Gasteiger partial charge in [0, 0.05) is 12.5 Å². The number of nitrogens with zero attached hydrogens (tertiary/aromatic N) is 1. The molecule has 0 N–H and O–H groups in total. The Bertz CT molecular complexity index is 344. The second-order valence-electron chi connectivity index (χ2n) is 6.76. The van der Waals surface area contributed by atoms with Crippen molar-refractivity contribution in [3.05, 3.63) is 0 Å². The second-order valence-corrected chi connectivity index (χ2v) is 6.76. The van der Waals surface area contributed by atoms with Crippen LogP contribution in [0.15, 0.2) is 0 Å². The molecule has 0 aromatic rings. The third-order valence-electron chi connectivity index (χ3n) is 3.60. The molecule has 0 aromatic carbocycles. The van der Waals surface area contributed by atoms with Gasteiger partial charge in [0.25, 0.3) is 0 Å². The van der Waals surface area contributed by atoms with Crippen LogP contribution in [-0.2, 0) is 14.3 Å². The van der Waals surface area contributed by atoms with Crippen LogP contribution in [-0.4, -0.2) is 35.0 Å². The van der Waals surface area contributed by atoms with Crippen LogP contribution in [0.2, 0.25) is 0 Å². The van der Waals surface area contributed by atoms with Crippen molar-refractivity contribution in [2.75, 3.05) is 6.54 Å². The van der Waals surface area contributed by atoms with Crippen LogP contribution in [0.4, 0.5) is 0 Å². The Hall–Kier alpha value is -1.06. The van der Waals surface area contributed by atoms with E-state index in [2.05, 4.69) is 0 Å². The quantitative estimate of drug-likeness (QED) is 0.740. The van der Waals surface area contributed by atoms with Crippen LogP contribution in [0.1, 0.15) is 54.4 Å². The first-order valence-corrected chi connectivity index (χ1v) is 7.17. The summed E-state index contributed by atoms with van der Waals surface area (Å²) in [5.74, 6) is 0.0353. The summed E-state index contributed by atoms with van der Waals surface area (Å²) >= 11 is 0. The molecule has 1 aliphatic rings. The predicted octanol–water partition coefficient (Wildman–Crippen LogP) is 2.61. The fourth-order valence-corrected chi connectivity index (χ4v) is 2.19. The van der Waals surface area contributed by atoms with Crippen molar-refractivity contribution in [1.82, 2.24) is 4.90 Å². The molecule has 2 atom stereocenters. The lowest BCUT2D eigenvalue weighted by Gasteiger charge is -2.30. The summed E-state index contributed by atoms with van der Waals surface area (Å²) in [6.45, 7) is 12.2. The standard InChI is InChI=1S/C15H27NO3/c1-10(2)11(3)13(17)16-9-7-8-12(16)14(18)19-15(4,5)6/h10-12H,7-9H2,1-6H3/t11?,12-/m0/s1. The first-order chi connectivity index (χ1) is 8.63. The molecule has 4 heteroatoms. The summed E-state index contributed by atoms with van der Waals surface area (Å²) in [6.07, 6.45) is 1.59. The molecule has 0 bridgehead atoms. The van der Waals surface area contributed by atoms with Gasteiger partial charge in [-0.2, -0.15) is 0 Å². The number of amides is 1. The van der Waals surface area contributed by atoms with Gasteiger partial charge >= 0.3 is 5.97 Å². The molecule has 1 fully saturated rings. The minimum atomic E-state index is -0.502. The van der Waals surface area contributed by atoms with Crippen molar-refractivity contribution >= 4 is 11.9 Å². The number of esters is 1. The monoisotopic (exact) mass is 269 g/mol. The van der Waals surface area contributed by atoms with E-state index < -0.39 is 11.6 Å². The van der Waals surface area contributed by atoms with Crippen molar-refractivity contribution in [2.45, 2.75) is 66.0 Å². The highest BCUT2D eigenvalue weighted by Crippen LogP contribution is 2.24. The summed E-state index contributed by atoms with van der Waals surface area (Å²) in [5.41, 5.74) is -0.502. The molecule has 110 valence electrons. The first-order valence-electron chi connectivity index (χ1n) is 7.17. The van der Waals surface area contributed by atoms with Crippen LogP contribution < -0.4 is 0 Å². The molecule has 1 amide bonds. The molecular formula is C15H27NO3. The molecule has 0 aromatic heterocycles. The summed E-state index contributed by atoms with van der Waals surface area (Å²) in [4.78, 5) is 26.2. The molecule has 1 rings (SSSR count). The van der Waals surface area contributed by atoms with E-state index in [1.54, 1.807) is 4.90 Å². The van der Waals surface area contributed by atoms with Gasteiger partial charge in [-0.05, 0) is 39.5 Å². The van der Waals surface area contributed by atoms with E-state index >= 15 is 0 Å². The topological polar surface area (TPSA) is 46.6 Å². The molecule has 1 unspecified atom stereocenters. The van der Waals surface area contributed by atoms with E-state index in [1.165, 1.54) is 0 Å². The minimum Gasteiger partial charge on any atom is -0.458 e. The second kappa shape index (κ2) is 5.93. The zero-order valence-corrected chi connectivity index (χ0v) is 13.0. The van der Waals surface area contributed by atoms with Crippen LogP contribution in [0.5, 0.6) is 0 Å². The molecule has 0 radical (unpaired) electrons. The molecule has 1 saturated heterocycles. The zero-order valence-electron chi connectivity index (χ0n) is 13.0. The van der Waals surface area contributed by atoms with E-state index in [4.69, 9.17) is 4.74 Å². The van der Waals surface area contributed by atoms with Gasteiger partial charge in [-0.3, -0.25) is 4.79 Å². The van der Waals surface area contributed by atoms with E-state index in [0.29, 0.717) is 13.0 Å². The summed E-state index contributed by atoms with van der Waals surface area (Å²) in [5, 5.41) is 0. The Balaban J connectivity index is 2.74. The fraction of sp³-hybridized carbons (Fsp3) is 0.867. The highest BCUT2D eigenvalue weighted by Gasteiger charge is 2.38. The Kier molecular flexibility index (Phi) is 4.99. The molecule has 0 aliphatic carbocycles. The molecular weight excluding hydrogens is 242 g/mol. The van der Waals surface area contributed by atoms with Crippen LogP contribution in [0.25, 0.3) is 0 Å². The molecule has 4 nitrogen and oxygen atoms in total. The van der Waals surface area contributed by atoms with Crippen molar-refractivity contribution in [3.8, 4) is 0 Å². The molecule has 1 heterocycles. The van der Waals surface area contributed by atoms with Crippen molar-refractivity contribution in [2.24, 2.45) is 11.8 Å². The van der Waals surface area contributed by atoms with E-state index in [0.717, 1.165) is 6.42 Å². The molecule has 19 heavy (non-hydrogen) atoms. The first kappa shape index (κ1) is 16.0. The number of carbonyl (C=O) groups is 2. The molecule has 0 saturated carbocycles. The van der Waals surface area contributed by atoms with Crippen molar-refractivity contribution in [3.63, 3.8) is 0 Å². The third kappa shape index (κ3) is 4.22. The average Bonchev–Trinajstić information content (AvgIpc) is 2.73. The van der Waals surface area contributed by atoms with Gasteiger partial charge in [0.2, 0.25) is 5.91 Å². The summed E-state index contributed by atoms with van der Waals surface area (Å²) in [6, 6.07) is -0.395. The van der Waals surface area contributed by atoms with Gasteiger partial charge in [-0.1, -0.05) is 20.8 Å². The third-order valence-corrected chi connectivity index (χ3v) is 3.60. The predicted molar refractivity (Wildman–Crippen MR) is 74.6 cm³/mol. The Morgan fingerprint density at radius 2 is 1.79 bits per heavy atom. The van der Waals surface area contributed by atoms with Crippen LogP contribution in [0.3, 0.4) is 0 Å². The summed E-state index contributed by atoms with van der Waals surface area (Å²) in [7, 11) is 0. The van der Waals surface area contributed by atoms with E-state index in [1.807, 2.05) is 41.5 Å². The maximum atomic E-state index is 12.4. The summed E-state index contributed by atoms with van der Waals surface area (Å²) < 4.78 is 5.41. The SMILES string of the molecule is CC(C)C(C)C(=O)N1CCC[C@H]1C(=O)OC(C)(C)C. The van der Waals surface area contributed by atoms with Gasteiger partial charge < -0.3 is 9.64 Å². The number of hydrogen-bond acceptors (Lipinski definition) is 3. The number of ether oxygens (including phenoxy) is 1. The number of carbonyl (C=O) groups excluding carboxylic acids is 2. The largest absolute Gasteiger partial charge is 0.458 e. The van der Waals surface area contributed by atoms with E-state index in [9.17, 15) is 9.59 Å². The maximum absolute atomic E-state index is 12.4. The highest BCUT2D eigenvalue weighted by molar-refractivity contribution is 5.86. The van der Waals surface area contributed by atoms with Crippen molar-refractivity contribution < 1.29 is 14.3 Å². The van der Waals surface area contributed by atoms with Gasteiger partial charge in [0.05, 0.1) is 0 Å². The zero-order chi connectivity index (χ0) is 14.8. The van der Waals surface area contributed by atoms with Gasteiger partial charge in [0.1, 0.15) is 11.6 Å². The average molecular weight is 269 g/mol. The highest BCUT2D eigenvalue weighted by atomic mass is 16.6. The van der Waals surface area contributed by atoms with Crippen LogP contribution >= 0.6 is 0 Å². The van der Waals surface area contributed by atoms with Crippen LogP contribution in [0, 0.1) is 11.8 Å². The lowest BCUT2D eigenvalue weighted by atomic mass is 9.96. The van der Waals surface area contributed by atoms with Crippen molar-refractivity contribution in [1.29, 1.82) is 0 Å².